The molecule has 0 fully saturated rings. The van der Waals surface area contributed by atoms with Crippen molar-refractivity contribution in [2.24, 2.45) is 0 Å². The summed E-state index contributed by atoms with van der Waals surface area (Å²) in [6.45, 7) is 0.572. The lowest BCUT2D eigenvalue weighted by Gasteiger charge is -2.24. The molecule has 3 heterocycles. The predicted octanol–water partition coefficient (Wildman–Crippen LogP) is 3.93. The third kappa shape index (κ3) is 3.88. The summed E-state index contributed by atoms with van der Waals surface area (Å²) in [5, 5.41) is 3.15. The first-order chi connectivity index (χ1) is 13.8. The van der Waals surface area contributed by atoms with Crippen LogP contribution in [0.1, 0.15) is 5.56 Å². The maximum absolute atomic E-state index is 6.44. The molecule has 0 spiro atoms. The summed E-state index contributed by atoms with van der Waals surface area (Å²) in [5.74, 6) is 2.49. The molecule has 0 radical (unpaired) electrons. The first-order valence-electron chi connectivity index (χ1n) is 8.82. The van der Waals surface area contributed by atoms with Crippen molar-refractivity contribution < 1.29 is 0 Å². The maximum atomic E-state index is 6.44. The van der Waals surface area contributed by atoms with Crippen molar-refractivity contribution in [1.29, 1.82) is 0 Å². The van der Waals surface area contributed by atoms with Crippen molar-refractivity contribution in [2.75, 3.05) is 16.0 Å². The summed E-state index contributed by atoms with van der Waals surface area (Å²) in [6.07, 6.45) is 4.94. The van der Waals surface area contributed by atoms with Gasteiger partial charge in [-0.25, -0.2) is 19.9 Å². The normalized spacial score (nSPS) is 10.4. The molecule has 3 N–H and O–H groups in total. The van der Waals surface area contributed by atoms with Crippen molar-refractivity contribution in [3.8, 4) is 0 Å². The lowest BCUT2D eigenvalue weighted by atomic mass is 10.2. The van der Waals surface area contributed by atoms with E-state index in [0.717, 1.165) is 11.4 Å². The molecular formula is C21H19N7. The third-order valence-electron chi connectivity index (χ3n) is 4.14. The Morgan fingerprint density at radius 1 is 0.786 bits per heavy atom. The number of nitrogen functional groups attached to an aromatic ring is 1. The Balaban J connectivity index is 1.73. The number of nitrogens with one attached hydrogen (secondary N) is 1. The van der Waals surface area contributed by atoms with Gasteiger partial charge >= 0.3 is 0 Å². The van der Waals surface area contributed by atoms with E-state index in [2.05, 4.69) is 37.4 Å². The lowest BCUT2D eigenvalue weighted by molar-refractivity contribution is 0.918. The maximum Gasteiger partial charge on any atom is 0.163 e. The van der Waals surface area contributed by atoms with Crippen LogP contribution in [0.25, 0.3) is 0 Å². The first-order valence-corrected chi connectivity index (χ1v) is 8.82. The Bertz CT molecular complexity index is 1020. The standard InChI is InChI=1S/C21H19N7/c22-19-20(27-17-10-4-6-12-23-17)25-15-26-21(19)28(18-11-5-7-13-24-18)14-16-8-2-1-3-9-16/h1-13,15H,14,22H2,(H,23,25,26,27). The summed E-state index contributed by atoms with van der Waals surface area (Å²) >= 11 is 0. The Morgan fingerprint density at radius 2 is 1.54 bits per heavy atom. The Morgan fingerprint density at radius 3 is 2.25 bits per heavy atom. The highest BCUT2D eigenvalue weighted by atomic mass is 15.3. The molecule has 0 saturated heterocycles. The molecule has 0 bridgehead atoms. The van der Waals surface area contributed by atoms with Crippen LogP contribution in [0.2, 0.25) is 0 Å². The van der Waals surface area contributed by atoms with E-state index in [1.54, 1.807) is 12.4 Å². The fourth-order valence-corrected chi connectivity index (χ4v) is 2.80. The summed E-state index contributed by atoms with van der Waals surface area (Å²) < 4.78 is 0. The molecule has 0 amide bonds. The third-order valence-corrected chi connectivity index (χ3v) is 4.14. The Kier molecular flexibility index (Phi) is 5.06. The molecule has 0 aliphatic rings. The second-order valence-corrected chi connectivity index (χ2v) is 6.06. The van der Waals surface area contributed by atoms with Gasteiger partial charge in [0.15, 0.2) is 11.6 Å². The second kappa shape index (κ2) is 8.13. The molecule has 0 unspecified atom stereocenters. The number of nitrogens with two attached hydrogens (primary N) is 1. The van der Waals surface area contributed by atoms with Crippen LogP contribution in [0.5, 0.6) is 0 Å². The highest BCUT2D eigenvalue weighted by molar-refractivity contribution is 5.80. The average Bonchev–Trinajstić information content (AvgIpc) is 2.76. The number of hydrogen-bond acceptors (Lipinski definition) is 7. The largest absolute Gasteiger partial charge is 0.393 e. The quantitative estimate of drug-likeness (QED) is 0.532. The smallest absolute Gasteiger partial charge is 0.163 e. The van der Waals surface area contributed by atoms with E-state index < -0.39 is 0 Å². The molecule has 0 atom stereocenters. The van der Waals surface area contributed by atoms with Gasteiger partial charge in [0.1, 0.15) is 23.7 Å². The average molecular weight is 369 g/mol. The monoisotopic (exact) mass is 369 g/mol. The minimum atomic E-state index is 0.426. The summed E-state index contributed by atoms with van der Waals surface area (Å²) in [4.78, 5) is 19.4. The van der Waals surface area contributed by atoms with Crippen LogP contribution in [0, 0.1) is 0 Å². The van der Waals surface area contributed by atoms with E-state index in [-0.39, 0.29) is 0 Å². The lowest BCUT2D eigenvalue weighted by Crippen LogP contribution is -2.21. The van der Waals surface area contributed by atoms with Crippen LogP contribution in [-0.4, -0.2) is 19.9 Å². The zero-order valence-electron chi connectivity index (χ0n) is 15.1. The van der Waals surface area contributed by atoms with Gasteiger partial charge in [-0.15, -0.1) is 0 Å². The summed E-state index contributed by atoms with van der Waals surface area (Å²) in [5.41, 5.74) is 7.98. The van der Waals surface area contributed by atoms with Crippen LogP contribution in [0.3, 0.4) is 0 Å². The van der Waals surface area contributed by atoms with Crippen LogP contribution in [0.4, 0.5) is 29.0 Å². The molecule has 0 aliphatic carbocycles. The van der Waals surface area contributed by atoms with Crippen LogP contribution >= 0.6 is 0 Å². The van der Waals surface area contributed by atoms with Gasteiger partial charge in [0.2, 0.25) is 0 Å². The van der Waals surface area contributed by atoms with Crippen LogP contribution in [0.15, 0.2) is 85.5 Å². The van der Waals surface area contributed by atoms with E-state index in [1.165, 1.54) is 6.33 Å². The Hall–Kier alpha value is -4.00. The van der Waals surface area contributed by atoms with Crippen molar-refractivity contribution in [2.45, 2.75) is 6.54 Å². The van der Waals surface area contributed by atoms with E-state index in [1.807, 2.05) is 59.5 Å². The molecule has 7 nitrogen and oxygen atoms in total. The van der Waals surface area contributed by atoms with Crippen molar-refractivity contribution in [3.63, 3.8) is 0 Å². The zero-order valence-corrected chi connectivity index (χ0v) is 15.1. The van der Waals surface area contributed by atoms with Crippen LogP contribution in [-0.2, 0) is 6.54 Å². The first kappa shape index (κ1) is 17.4. The van der Waals surface area contributed by atoms with Gasteiger partial charge in [0.05, 0.1) is 6.54 Å². The van der Waals surface area contributed by atoms with Gasteiger partial charge in [-0.1, -0.05) is 42.5 Å². The highest BCUT2D eigenvalue weighted by Gasteiger charge is 2.18. The van der Waals surface area contributed by atoms with Gasteiger partial charge in [-0.05, 0) is 29.8 Å². The van der Waals surface area contributed by atoms with E-state index in [4.69, 9.17) is 5.73 Å². The number of rotatable bonds is 6. The number of pyridine rings is 2. The zero-order chi connectivity index (χ0) is 19.2. The fraction of sp³-hybridized carbons (Fsp3) is 0.0476. The predicted molar refractivity (Wildman–Crippen MR) is 110 cm³/mol. The molecule has 0 saturated carbocycles. The second-order valence-electron chi connectivity index (χ2n) is 6.06. The number of nitrogens with zero attached hydrogens (tertiary/aromatic N) is 5. The molecule has 138 valence electrons. The molecule has 1 aromatic carbocycles. The Labute approximate surface area is 162 Å². The molecule has 28 heavy (non-hydrogen) atoms. The number of aromatic nitrogens is 4. The van der Waals surface area contributed by atoms with Crippen LogP contribution < -0.4 is 16.0 Å². The highest BCUT2D eigenvalue weighted by Crippen LogP contribution is 2.33. The van der Waals surface area contributed by atoms with Gasteiger partial charge in [0.25, 0.3) is 0 Å². The van der Waals surface area contributed by atoms with E-state index in [0.29, 0.717) is 29.7 Å². The number of anilines is 5. The fourth-order valence-electron chi connectivity index (χ4n) is 2.80. The minimum absolute atomic E-state index is 0.426. The van der Waals surface area contributed by atoms with E-state index in [9.17, 15) is 0 Å². The topological polar surface area (TPSA) is 92.8 Å². The van der Waals surface area contributed by atoms with Gasteiger partial charge in [-0.3, -0.25) is 0 Å². The van der Waals surface area contributed by atoms with Crippen molar-refractivity contribution in [3.05, 3.63) is 91.0 Å². The number of hydrogen-bond donors (Lipinski definition) is 2. The van der Waals surface area contributed by atoms with Gasteiger partial charge in [-0.2, -0.15) is 0 Å². The molecule has 4 rings (SSSR count). The molecule has 4 aromatic rings. The van der Waals surface area contributed by atoms with Crippen molar-refractivity contribution >= 4 is 29.0 Å². The number of benzene rings is 1. The van der Waals surface area contributed by atoms with E-state index >= 15 is 0 Å². The SMILES string of the molecule is Nc1c(Nc2ccccn2)ncnc1N(Cc1ccccc1)c1ccccn1. The molecular weight excluding hydrogens is 350 g/mol. The minimum Gasteiger partial charge on any atom is -0.393 e. The molecule has 7 heteroatoms. The summed E-state index contributed by atoms with van der Waals surface area (Å²) in [6, 6.07) is 21.4. The van der Waals surface area contributed by atoms with Gasteiger partial charge < -0.3 is 16.0 Å². The summed E-state index contributed by atoms with van der Waals surface area (Å²) in [7, 11) is 0. The van der Waals surface area contributed by atoms with Gasteiger partial charge in [0, 0.05) is 12.4 Å². The van der Waals surface area contributed by atoms with Crippen molar-refractivity contribution in [1.82, 2.24) is 19.9 Å². The molecule has 3 aromatic heterocycles. The molecule has 0 aliphatic heterocycles.